The van der Waals surface area contributed by atoms with Crippen molar-refractivity contribution in [2.24, 2.45) is 0 Å². The Bertz CT molecular complexity index is 1030. The van der Waals surface area contributed by atoms with Crippen molar-refractivity contribution in [1.29, 1.82) is 0 Å². The van der Waals surface area contributed by atoms with E-state index in [0.717, 1.165) is 5.56 Å². The number of ether oxygens (including phenoxy) is 1. The van der Waals surface area contributed by atoms with Gasteiger partial charge >= 0.3 is 5.97 Å². The third kappa shape index (κ3) is 3.72. The first-order chi connectivity index (χ1) is 13.3. The van der Waals surface area contributed by atoms with Crippen LogP contribution in [0, 0.1) is 19.7 Å². The summed E-state index contributed by atoms with van der Waals surface area (Å²) in [6, 6.07) is 9.77. The van der Waals surface area contributed by atoms with Crippen LogP contribution in [0.4, 0.5) is 4.39 Å². The van der Waals surface area contributed by atoms with Crippen LogP contribution >= 0.6 is 0 Å². The Hall–Kier alpha value is -2.51. The predicted octanol–water partition coefficient (Wildman–Crippen LogP) is 3.68. The molecule has 2 aromatic carbocycles. The highest BCUT2D eigenvalue weighted by Crippen LogP contribution is 2.39. The van der Waals surface area contributed by atoms with Gasteiger partial charge in [-0.3, -0.25) is 0 Å². The van der Waals surface area contributed by atoms with Crippen molar-refractivity contribution in [3.8, 4) is 0 Å². The van der Waals surface area contributed by atoms with E-state index in [1.54, 1.807) is 44.2 Å². The number of hydrogen-bond acceptors (Lipinski definition) is 4. The van der Waals surface area contributed by atoms with Crippen LogP contribution in [0.15, 0.2) is 59.0 Å². The standard InChI is InChI=1S/C21H22FNO4S/c1-4-27-21(24)19-11-12-23(20(19)18-10-7-16(22)13-15(18)3)28(25,26)17-8-5-14(2)6-9-17/h5-11,13,20H,4,12H2,1-3H3/t20-/m0/s1. The molecule has 0 fully saturated rings. The first-order valence-corrected chi connectivity index (χ1v) is 10.4. The zero-order chi connectivity index (χ0) is 20.5. The molecule has 0 radical (unpaired) electrons. The first-order valence-electron chi connectivity index (χ1n) is 8.97. The van der Waals surface area contributed by atoms with Crippen molar-refractivity contribution in [3.63, 3.8) is 0 Å². The molecule has 0 N–H and O–H groups in total. The van der Waals surface area contributed by atoms with E-state index in [4.69, 9.17) is 4.74 Å². The summed E-state index contributed by atoms with van der Waals surface area (Å²) < 4.78 is 46.6. The van der Waals surface area contributed by atoms with Crippen LogP contribution in [0.2, 0.25) is 0 Å². The van der Waals surface area contributed by atoms with E-state index in [1.807, 2.05) is 6.92 Å². The summed E-state index contributed by atoms with van der Waals surface area (Å²) in [6.45, 7) is 5.46. The number of rotatable bonds is 5. The Morgan fingerprint density at radius 2 is 1.86 bits per heavy atom. The highest BCUT2D eigenvalue weighted by molar-refractivity contribution is 7.89. The maximum Gasteiger partial charge on any atom is 0.335 e. The number of hydrogen-bond donors (Lipinski definition) is 0. The molecule has 0 saturated heterocycles. The largest absolute Gasteiger partial charge is 0.463 e. The molecule has 0 unspecified atom stereocenters. The lowest BCUT2D eigenvalue weighted by Crippen LogP contribution is -2.34. The monoisotopic (exact) mass is 403 g/mol. The number of halogens is 1. The molecular formula is C21H22FNO4S. The SMILES string of the molecule is CCOC(=O)C1=CCN(S(=O)(=O)c2ccc(C)cc2)[C@H]1c1ccc(F)cc1C. The van der Waals surface area contributed by atoms with Gasteiger partial charge in [0, 0.05) is 6.54 Å². The molecule has 148 valence electrons. The summed E-state index contributed by atoms with van der Waals surface area (Å²) >= 11 is 0. The van der Waals surface area contributed by atoms with Crippen molar-refractivity contribution in [2.45, 2.75) is 31.7 Å². The highest BCUT2D eigenvalue weighted by atomic mass is 32.2. The smallest absolute Gasteiger partial charge is 0.335 e. The zero-order valence-electron chi connectivity index (χ0n) is 16.0. The molecule has 1 heterocycles. The molecule has 1 aliphatic rings. The zero-order valence-corrected chi connectivity index (χ0v) is 16.8. The molecule has 0 spiro atoms. The maximum absolute atomic E-state index is 13.6. The van der Waals surface area contributed by atoms with Crippen LogP contribution in [-0.2, 0) is 19.6 Å². The number of carbonyl (C=O) groups is 1. The molecule has 0 aromatic heterocycles. The van der Waals surface area contributed by atoms with E-state index >= 15 is 0 Å². The van der Waals surface area contributed by atoms with Crippen LogP contribution in [0.5, 0.6) is 0 Å². The molecule has 3 rings (SSSR count). The minimum absolute atomic E-state index is 0.0336. The Morgan fingerprint density at radius 3 is 2.46 bits per heavy atom. The molecule has 28 heavy (non-hydrogen) atoms. The normalized spacial score (nSPS) is 17.4. The number of aryl methyl sites for hydroxylation is 2. The summed E-state index contributed by atoms with van der Waals surface area (Å²) in [4.78, 5) is 12.6. The van der Waals surface area contributed by atoms with Gasteiger partial charge in [-0.25, -0.2) is 17.6 Å². The molecule has 5 nitrogen and oxygen atoms in total. The van der Waals surface area contributed by atoms with Crippen molar-refractivity contribution in [1.82, 2.24) is 4.31 Å². The van der Waals surface area contributed by atoms with Crippen LogP contribution in [-0.4, -0.2) is 31.8 Å². The molecule has 1 aliphatic heterocycles. The number of nitrogens with zero attached hydrogens (tertiary/aromatic N) is 1. The van der Waals surface area contributed by atoms with Crippen LogP contribution < -0.4 is 0 Å². The molecule has 0 bridgehead atoms. The summed E-state index contributed by atoms with van der Waals surface area (Å²) in [7, 11) is -3.88. The minimum atomic E-state index is -3.88. The van der Waals surface area contributed by atoms with Crippen LogP contribution in [0.3, 0.4) is 0 Å². The molecule has 0 aliphatic carbocycles. The van der Waals surface area contributed by atoms with Crippen molar-refractivity contribution >= 4 is 16.0 Å². The summed E-state index contributed by atoms with van der Waals surface area (Å²) in [5.74, 6) is -0.994. The van der Waals surface area contributed by atoms with Crippen LogP contribution in [0.25, 0.3) is 0 Å². The quantitative estimate of drug-likeness (QED) is 0.715. The molecule has 7 heteroatoms. The Balaban J connectivity index is 2.10. The minimum Gasteiger partial charge on any atom is -0.463 e. The molecule has 2 aromatic rings. The van der Waals surface area contributed by atoms with E-state index in [0.29, 0.717) is 11.1 Å². The Morgan fingerprint density at radius 1 is 1.18 bits per heavy atom. The Labute approximate surface area is 164 Å². The van der Waals surface area contributed by atoms with E-state index in [9.17, 15) is 17.6 Å². The van der Waals surface area contributed by atoms with Crippen molar-refractivity contribution in [3.05, 3.63) is 76.6 Å². The predicted molar refractivity (Wildman–Crippen MR) is 104 cm³/mol. The van der Waals surface area contributed by atoms with Gasteiger partial charge in [-0.15, -0.1) is 0 Å². The van der Waals surface area contributed by atoms with Gasteiger partial charge in [-0.1, -0.05) is 29.8 Å². The number of benzene rings is 2. The fourth-order valence-corrected chi connectivity index (χ4v) is 4.85. The van der Waals surface area contributed by atoms with E-state index in [1.165, 1.54) is 22.5 Å². The Kier molecular flexibility index (Phi) is 5.67. The topological polar surface area (TPSA) is 63.7 Å². The van der Waals surface area contributed by atoms with Crippen molar-refractivity contribution in [2.75, 3.05) is 13.2 Å². The maximum atomic E-state index is 13.6. The van der Waals surface area contributed by atoms with Crippen molar-refractivity contribution < 1.29 is 22.3 Å². The second-order valence-corrected chi connectivity index (χ2v) is 8.56. The molecule has 0 saturated carbocycles. The lowest BCUT2D eigenvalue weighted by atomic mass is 9.96. The van der Waals surface area contributed by atoms with Gasteiger partial charge in [0.1, 0.15) is 5.82 Å². The molecular weight excluding hydrogens is 381 g/mol. The first kappa shape index (κ1) is 20.2. The summed E-state index contributed by atoms with van der Waals surface area (Å²) in [6.07, 6.45) is 1.57. The lowest BCUT2D eigenvalue weighted by molar-refractivity contribution is -0.138. The van der Waals surface area contributed by atoms with Gasteiger partial charge in [-0.05, 0) is 56.2 Å². The fourth-order valence-electron chi connectivity index (χ4n) is 3.32. The van der Waals surface area contributed by atoms with Gasteiger partial charge in [0.25, 0.3) is 0 Å². The van der Waals surface area contributed by atoms with Gasteiger partial charge in [-0.2, -0.15) is 4.31 Å². The summed E-state index contributed by atoms with van der Waals surface area (Å²) in [5, 5.41) is 0. The van der Waals surface area contributed by atoms with Crippen LogP contribution in [0.1, 0.15) is 29.7 Å². The lowest BCUT2D eigenvalue weighted by Gasteiger charge is -2.27. The van der Waals surface area contributed by atoms with Gasteiger partial charge in [0.15, 0.2) is 0 Å². The van der Waals surface area contributed by atoms with E-state index < -0.39 is 27.9 Å². The average Bonchev–Trinajstić information content (AvgIpc) is 3.08. The van der Waals surface area contributed by atoms with Gasteiger partial charge in [0.05, 0.1) is 23.1 Å². The average molecular weight is 403 g/mol. The molecule has 0 amide bonds. The number of carbonyl (C=O) groups excluding carboxylic acids is 1. The van der Waals surface area contributed by atoms with Gasteiger partial charge < -0.3 is 4.74 Å². The van der Waals surface area contributed by atoms with E-state index in [-0.39, 0.29) is 23.6 Å². The second-order valence-electron chi connectivity index (χ2n) is 6.67. The fraction of sp³-hybridized carbons (Fsp3) is 0.286. The number of sulfonamides is 1. The van der Waals surface area contributed by atoms with Gasteiger partial charge in [0.2, 0.25) is 10.0 Å². The molecule has 1 atom stereocenters. The highest BCUT2D eigenvalue weighted by Gasteiger charge is 2.41. The summed E-state index contributed by atoms with van der Waals surface area (Å²) in [5.41, 5.74) is 2.30. The number of esters is 1. The third-order valence-electron chi connectivity index (χ3n) is 4.74. The third-order valence-corrected chi connectivity index (χ3v) is 6.58. The second kappa shape index (κ2) is 7.85. The van der Waals surface area contributed by atoms with E-state index in [2.05, 4.69) is 0 Å².